The highest BCUT2D eigenvalue weighted by Gasteiger charge is 2.48. The molecule has 0 amide bonds. The molecule has 2 unspecified atom stereocenters. The minimum atomic E-state index is -1.11. The molecule has 1 aliphatic heterocycles. The van der Waals surface area contributed by atoms with Crippen molar-refractivity contribution >= 4 is 11.9 Å². The van der Waals surface area contributed by atoms with Crippen molar-refractivity contribution in [2.24, 2.45) is 5.92 Å². The molecule has 1 saturated heterocycles. The van der Waals surface area contributed by atoms with Gasteiger partial charge in [-0.3, -0.25) is 4.90 Å². The monoisotopic (exact) mass is 277 g/mol. The lowest BCUT2D eigenvalue weighted by atomic mass is 9.88. The van der Waals surface area contributed by atoms with E-state index in [0.717, 1.165) is 13.0 Å². The summed E-state index contributed by atoms with van der Waals surface area (Å²) in [6.07, 6.45) is 0.919. The van der Waals surface area contributed by atoms with Crippen molar-refractivity contribution in [2.75, 3.05) is 13.6 Å². The Morgan fingerprint density at radius 1 is 1.40 bits per heavy atom. The largest absolute Gasteiger partial charge is 0.478 e. The molecular formula is C15H19NO4. The van der Waals surface area contributed by atoms with Crippen LogP contribution in [-0.4, -0.2) is 41.1 Å². The summed E-state index contributed by atoms with van der Waals surface area (Å²) in [5, 5.41) is 9.11. The minimum absolute atomic E-state index is 0.00208. The second-order valence-electron chi connectivity index (χ2n) is 5.45. The lowest BCUT2D eigenvalue weighted by molar-refractivity contribution is -0.146. The summed E-state index contributed by atoms with van der Waals surface area (Å²) in [5.74, 6) is -1.25. The molecule has 1 aromatic rings. The van der Waals surface area contributed by atoms with Gasteiger partial charge < -0.3 is 9.84 Å². The van der Waals surface area contributed by atoms with Gasteiger partial charge >= 0.3 is 11.9 Å². The lowest BCUT2D eigenvalue weighted by Gasteiger charge is -2.33. The van der Waals surface area contributed by atoms with Crippen LogP contribution >= 0.6 is 0 Å². The molecule has 0 aliphatic carbocycles. The number of para-hydroxylation sites is 1. The van der Waals surface area contributed by atoms with Crippen LogP contribution in [0.2, 0.25) is 0 Å². The van der Waals surface area contributed by atoms with Gasteiger partial charge in [0.05, 0.1) is 0 Å². The molecule has 0 bridgehead atoms. The van der Waals surface area contributed by atoms with Gasteiger partial charge in [0.1, 0.15) is 16.9 Å². The van der Waals surface area contributed by atoms with Gasteiger partial charge in [-0.1, -0.05) is 19.1 Å². The summed E-state index contributed by atoms with van der Waals surface area (Å²) >= 11 is 0. The van der Waals surface area contributed by atoms with Crippen molar-refractivity contribution in [1.82, 2.24) is 4.90 Å². The number of hydrogen-bond donors (Lipinski definition) is 1. The van der Waals surface area contributed by atoms with Gasteiger partial charge in [0, 0.05) is 0 Å². The normalized spacial score (nSPS) is 26.4. The van der Waals surface area contributed by atoms with Crippen LogP contribution in [0.5, 0.6) is 5.75 Å². The molecule has 5 nitrogen and oxygen atoms in total. The highest BCUT2D eigenvalue weighted by molar-refractivity contribution is 5.93. The number of likely N-dealkylation sites (tertiary alicyclic amines) is 1. The second kappa shape index (κ2) is 5.25. The Labute approximate surface area is 118 Å². The van der Waals surface area contributed by atoms with Gasteiger partial charge in [0.2, 0.25) is 0 Å². The van der Waals surface area contributed by atoms with Crippen LogP contribution < -0.4 is 4.74 Å². The van der Waals surface area contributed by atoms with E-state index in [4.69, 9.17) is 9.84 Å². The lowest BCUT2D eigenvalue weighted by Crippen LogP contribution is -2.51. The Morgan fingerprint density at radius 3 is 2.60 bits per heavy atom. The number of aromatic carboxylic acids is 1. The van der Waals surface area contributed by atoms with Gasteiger partial charge in [0.25, 0.3) is 0 Å². The van der Waals surface area contributed by atoms with Gasteiger partial charge in [-0.2, -0.15) is 0 Å². The van der Waals surface area contributed by atoms with E-state index in [1.165, 1.54) is 12.1 Å². The quantitative estimate of drug-likeness (QED) is 0.676. The molecule has 2 atom stereocenters. The Kier molecular flexibility index (Phi) is 3.81. The molecule has 1 N–H and O–H groups in total. The zero-order chi connectivity index (χ0) is 14.9. The fraction of sp³-hybridized carbons (Fsp3) is 0.467. The minimum Gasteiger partial charge on any atom is -0.478 e. The Bertz CT molecular complexity index is 530. The first kappa shape index (κ1) is 14.5. The van der Waals surface area contributed by atoms with Crippen LogP contribution in [-0.2, 0) is 4.79 Å². The summed E-state index contributed by atoms with van der Waals surface area (Å²) in [6, 6.07) is 6.19. The van der Waals surface area contributed by atoms with Gasteiger partial charge in [-0.25, -0.2) is 9.59 Å². The maximum absolute atomic E-state index is 12.5. The van der Waals surface area contributed by atoms with E-state index in [2.05, 4.69) is 0 Å². The molecule has 20 heavy (non-hydrogen) atoms. The molecule has 0 radical (unpaired) electrons. The van der Waals surface area contributed by atoms with Crippen molar-refractivity contribution in [3.8, 4) is 5.75 Å². The summed E-state index contributed by atoms with van der Waals surface area (Å²) in [4.78, 5) is 25.6. The number of ether oxygens (including phenoxy) is 1. The molecule has 2 rings (SSSR count). The number of hydrogen-bond acceptors (Lipinski definition) is 4. The van der Waals surface area contributed by atoms with Crippen LogP contribution in [0.1, 0.15) is 30.6 Å². The van der Waals surface area contributed by atoms with Crippen molar-refractivity contribution in [3.63, 3.8) is 0 Å². The van der Waals surface area contributed by atoms with Crippen molar-refractivity contribution in [3.05, 3.63) is 29.8 Å². The molecule has 1 fully saturated rings. The van der Waals surface area contributed by atoms with Crippen LogP contribution in [0, 0.1) is 5.92 Å². The van der Waals surface area contributed by atoms with E-state index < -0.39 is 17.5 Å². The van der Waals surface area contributed by atoms with E-state index in [9.17, 15) is 9.59 Å². The number of carboxylic acid groups (broad SMARTS) is 1. The average Bonchev–Trinajstić information content (AvgIpc) is 2.68. The third-order valence-electron chi connectivity index (χ3n) is 4.38. The van der Waals surface area contributed by atoms with Gasteiger partial charge in [0.15, 0.2) is 0 Å². The maximum atomic E-state index is 12.5. The molecule has 1 aliphatic rings. The van der Waals surface area contributed by atoms with E-state index in [-0.39, 0.29) is 17.2 Å². The molecular weight excluding hydrogens is 258 g/mol. The molecule has 1 heterocycles. The van der Waals surface area contributed by atoms with E-state index in [1.54, 1.807) is 12.1 Å². The predicted molar refractivity (Wildman–Crippen MR) is 73.9 cm³/mol. The Hall–Kier alpha value is -1.88. The summed E-state index contributed by atoms with van der Waals surface area (Å²) in [7, 11) is 1.88. The predicted octanol–water partition coefficient (Wildman–Crippen LogP) is 2.02. The van der Waals surface area contributed by atoms with Crippen molar-refractivity contribution in [1.29, 1.82) is 0 Å². The van der Waals surface area contributed by atoms with E-state index in [0.29, 0.717) is 0 Å². The van der Waals surface area contributed by atoms with Gasteiger partial charge in [-0.15, -0.1) is 0 Å². The number of nitrogens with zero attached hydrogens (tertiary/aromatic N) is 1. The first-order valence-electron chi connectivity index (χ1n) is 6.63. The van der Waals surface area contributed by atoms with Crippen LogP contribution in [0.15, 0.2) is 24.3 Å². The maximum Gasteiger partial charge on any atom is 0.339 e. The van der Waals surface area contributed by atoms with Crippen molar-refractivity contribution < 1.29 is 19.4 Å². The molecule has 0 aromatic heterocycles. The highest BCUT2D eigenvalue weighted by atomic mass is 16.5. The summed E-state index contributed by atoms with van der Waals surface area (Å²) < 4.78 is 5.37. The van der Waals surface area contributed by atoms with Crippen LogP contribution in [0.4, 0.5) is 0 Å². The number of esters is 1. The number of carbonyl (C=O) groups excluding carboxylic acids is 1. The fourth-order valence-electron chi connectivity index (χ4n) is 2.57. The third kappa shape index (κ3) is 2.29. The van der Waals surface area contributed by atoms with E-state index in [1.807, 2.05) is 25.8 Å². The average molecular weight is 277 g/mol. The first-order valence-corrected chi connectivity index (χ1v) is 6.63. The second-order valence-corrected chi connectivity index (χ2v) is 5.45. The topological polar surface area (TPSA) is 66.8 Å². The smallest absolute Gasteiger partial charge is 0.339 e. The number of carbonyl (C=O) groups is 2. The standard InChI is InChI=1S/C15H19NO4/c1-10-8-9-16(3)15(10,2)14(19)20-12-7-5-4-6-11(12)13(17)18/h4-7,10H,8-9H2,1-3H3,(H,17,18). The number of benzene rings is 1. The number of carboxylic acids is 1. The number of rotatable bonds is 3. The van der Waals surface area contributed by atoms with Crippen LogP contribution in [0.25, 0.3) is 0 Å². The van der Waals surface area contributed by atoms with Crippen LogP contribution in [0.3, 0.4) is 0 Å². The molecule has 5 heteroatoms. The first-order chi connectivity index (χ1) is 9.37. The zero-order valence-corrected chi connectivity index (χ0v) is 11.9. The number of likely N-dealkylation sites (N-methyl/N-ethyl adjacent to an activating group) is 1. The Balaban J connectivity index is 2.27. The zero-order valence-electron chi connectivity index (χ0n) is 11.9. The highest BCUT2D eigenvalue weighted by Crippen LogP contribution is 2.35. The fourth-order valence-corrected chi connectivity index (χ4v) is 2.57. The van der Waals surface area contributed by atoms with E-state index >= 15 is 0 Å². The molecule has 0 spiro atoms. The van der Waals surface area contributed by atoms with Crippen molar-refractivity contribution in [2.45, 2.75) is 25.8 Å². The molecule has 1 aromatic carbocycles. The third-order valence-corrected chi connectivity index (χ3v) is 4.38. The molecule has 0 saturated carbocycles. The summed E-state index contributed by atoms with van der Waals surface area (Å²) in [5.41, 5.74) is -0.719. The SMILES string of the molecule is CC1CCN(C)C1(C)C(=O)Oc1ccccc1C(=O)O. The molecule has 108 valence electrons. The summed E-state index contributed by atoms with van der Waals surface area (Å²) in [6.45, 7) is 4.68. The van der Waals surface area contributed by atoms with Gasteiger partial charge in [-0.05, 0) is 45.0 Å². The Morgan fingerprint density at radius 2 is 2.05 bits per heavy atom.